The molecule has 0 amide bonds. The van der Waals surface area contributed by atoms with Crippen LogP contribution in [-0.2, 0) is 0 Å². The smallest absolute Gasteiger partial charge is 0.219 e. The monoisotopic (exact) mass is 278 g/mol. The second kappa shape index (κ2) is 2.58. The topological polar surface area (TPSA) is 37.3 Å². The van der Waals surface area contributed by atoms with Crippen molar-refractivity contribution in [2.45, 2.75) is 0 Å². The molecule has 0 spiro atoms. The van der Waals surface area contributed by atoms with E-state index in [1.165, 1.54) is 6.07 Å². The maximum Gasteiger partial charge on any atom is 0.219 e. The van der Waals surface area contributed by atoms with Crippen LogP contribution in [0.3, 0.4) is 0 Å². The maximum atomic E-state index is 12.7. The van der Waals surface area contributed by atoms with Gasteiger partial charge in [0.15, 0.2) is 5.82 Å². The molecule has 0 saturated carbocycles. The molecule has 3 nitrogen and oxygen atoms in total. The fourth-order valence-corrected chi connectivity index (χ4v) is 1.58. The zero-order valence-electron chi connectivity index (χ0n) is 5.84. The third kappa shape index (κ3) is 1.13. The Labute approximate surface area is 80.4 Å². The van der Waals surface area contributed by atoms with Gasteiger partial charge in [-0.15, -0.1) is 0 Å². The number of H-pyrrole nitrogens is 1. The largest absolute Gasteiger partial charge is 0.335 e. The molecule has 2 rings (SSSR count). The number of aromatic nitrogens is 2. The lowest BCUT2D eigenvalue weighted by Crippen LogP contribution is -2.05. The van der Waals surface area contributed by atoms with Crippen LogP contribution in [0.25, 0.3) is 5.65 Å². The summed E-state index contributed by atoms with van der Waals surface area (Å²) in [6, 6.07) is 1.23. The highest BCUT2D eigenvalue weighted by Crippen LogP contribution is 2.05. The van der Waals surface area contributed by atoms with Crippen molar-refractivity contribution in [3.8, 4) is 0 Å². The lowest BCUT2D eigenvalue weighted by Gasteiger charge is -1.90. The Kier molecular flexibility index (Phi) is 1.67. The first-order chi connectivity index (χ1) is 5.66. The molecule has 0 fully saturated rings. The van der Waals surface area contributed by atoms with Gasteiger partial charge in [0.2, 0.25) is 5.43 Å². The van der Waals surface area contributed by atoms with Gasteiger partial charge in [-0.2, -0.15) is 0 Å². The van der Waals surface area contributed by atoms with Gasteiger partial charge in [-0.1, -0.05) is 0 Å². The van der Waals surface area contributed by atoms with Gasteiger partial charge in [-0.25, -0.2) is 4.39 Å². The normalized spacial score (nSPS) is 10.8. The zero-order valence-corrected chi connectivity index (χ0v) is 8.00. The minimum atomic E-state index is -0.733. The fourth-order valence-electron chi connectivity index (χ4n) is 1.01. The molecule has 0 saturated heterocycles. The Hall–Kier alpha value is -0.850. The predicted octanol–water partition coefficient (Wildman–Crippen LogP) is 1.37. The van der Waals surface area contributed by atoms with Crippen molar-refractivity contribution in [3.63, 3.8) is 0 Å². The third-order valence-electron chi connectivity index (χ3n) is 1.53. The summed E-state index contributed by atoms with van der Waals surface area (Å²) in [6.45, 7) is 0. The molecule has 0 aromatic carbocycles. The Bertz CT molecular complexity index is 488. The first kappa shape index (κ1) is 7.78. The van der Waals surface area contributed by atoms with Crippen molar-refractivity contribution in [2.24, 2.45) is 0 Å². The van der Waals surface area contributed by atoms with Crippen molar-refractivity contribution >= 4 is 28.2 Å². The number of hydrogen-bond acceptors (Lipinski definition) is 1. The quantitative estimate of drug-likeness (QED) is 0.726. The number of rotatable bonds is 0. The molecule has 0 aliphatic heterocycles. The van der Waals surface area contributed by atoms with Crippen LogP contribution in [0.15, 0.2) is 23.3 Å². The summed E-state index contributed by atoms with van der Waals surface area (Å²) in [6.07, 6.45) is 2.87. The van der Waals surface area contributed by atoms with E-state index in [2.05, 4.69) is 27.6 Å². The minimum Gasteiger partial charge on any atom is -0.335 e. The van der Waals surface area contributed by atoms with E-state index in [1.807, 2.05) is 0 Å². The van der Waals surface area contributed by atoms with Gasteiger partial charge >= 0.3 is 0 Å². The third-order valence-corrected chi connectivity index (χ3v) is 2.08. The van der Waals surface area contributed by atoms with E-state index in [-0.39, 0.29) is 0 Å². The van der Waals surface area contributed by atoms with Gasteiger partial charge in [-0.05, 0) is 22.6 Å². The van der Waals surface area contributed by atoms with E-state index in [1.54, 1.807) is 10.6 Å². The van der Waals surface area contributed by atoms with Crippen molar-refractivity contribution in [3.05, 3.63) is 38.2 Å². The molecule has 0 unspecified atom stereocenters. The van der Waals surface area contributed by atoms with Crippen molar-refractivity contribution < 1.29 is 4.39 Å². The summed E-state index contributed by atoms with van der Waals surface area (Å²) < 4.78 is 15.1. The number of imidazole rings is 1. The number of hydrogen-bond donors (Lipinski definition) is 1. The number of nitrogens with one attached hydrogen (secondary N) is 1. The molecule has 0 aliphatic rings. The van der Waals surface area contributed by atoms with Crippen molar-refractivity contribution in [2.75, 3.05) is 0 Å². The predicted molar refractivity (Wildman–Crippen MR) is 50.7 cm³/mol. The van der Waals surface area contributed by atoms with Crippen LogP contribution in [-0.4, -0.2) is 9.38 Å². The summed E-state index contributed by atoms with van der Waals surface area (Å²) in [4.78, 5) is 13.7. The molecule has 12 heavy (non-hydrogen) atoms. The zero-order chi connectivity index (χ0) is 8.72. The summed E-state index contributed by atoms with van der Waals surface area (Å²) in [5.74, 6) is -0.733. The number of nitrogens with zero attached hydrogens (tertiary/aromatic N) is 1. The lowest BCUT2D eigenvalue weighted by molar-refractivity contribution is 0.609. The molecule has 0 bridgehead atoms. The number of halogens is 2. The van der Waals surface area contributed by atoms with E-state index < -0.39 is 11.2 Å². The Balaban J connectivity index is 2.92. The van der Waals surface area contributed by atoms with Crippen LogP contribution in [0.5, 0.6) is 0 Å². The SMILES string of the molecule is O=c1cc2[nH]c(I)cn2cc1F. The molecule has 0 radical (unpaired) electrons. The van der Waals surface area contributed by atoms with Gasteiger partial charge in [-0.3, -0.25) is 4.79 Å². The van der Waals surface area contributed by atoms with Gasteiger partial charge < -0.3 is 9.38 Å². The highest BCUT2D eigenvalue weighted by Gasteiger charge is 2.01. The van der Waals surface area contributed by atoms with E-state index in [0.717, 1.165) is 9.90 Å². The summed E-state index contributed by atoms with van der Waals surface area (Å²) in [7, 11) is 0. The fraction of sp³-hybridized carbons (Fsp3) is 0. The van der Waals surface area contributed by atoms with Gasteiger partial charge in [0.1, 0.15) is 5.65 Å². The molecule has 1 N–H and O–H groups in total. The molecule has 2 aromatic rings. The summed E-state index contributed by atoms with van der Waals surface area (Å²) >= 11 is 2.06. The first-order valence-electron chi connectivity index (χ1n) is 3.23. The molecule has 2 heterocycles. The summed E-state index contributed by atoms with van der Waals surface area (Å²) in [5.41, 5.74) is 0.0130. The number of aromatic amines is 1. The van der Waals surface area contributed by atoms with Crippen LogP contribution >= 0.6 is 22.6 Å². The number of fused-ring (bicyclic) bond motifs is 1. The average Bonchev–Trinajstić information content (AvgIpc) is 2.30. The van der Waals surface area contributed by atoms with Gasteiger partial charge in [0, 0.05) is 12.3 Å². The van der Waals surface area contributed by atoms with Crippen LogP contribution in [0.4, 0.5) is 4.39 Å². The molecule has 2 aromatic heterocycles. The van der Waals surface area contributed by atoms with Crippen molar-refractivity contribution in [1.82, 2.24) is 9.38 Å². The van der Waals surface area contributed by atoms with E-state index in [9.17, 15) is 9.18 Å². The maximum absolute atomic E-state index is 12.7. The first-order valence-corrected chi connectivity index (χ1v) is 4.31. The van der Waals surface area contributed by atoms with Crippen LogP contribution in [0.1, 0.15) is 0 Å². The molecule has 0 atom stereocenters. The highest BCUT2D eigenvalue weighted by molar-refractivity contribution is 14.1. The second-order valence-electron chi connectivity index (χ2n) is 2.38. The molecule has 0 aliphatic carbocycles. The van der Waals surface area contributed by atoms with Crippen LogP contribution < -0.4 is 5.43 Å². The lowest BCUT2D eigenvalue weighted by atomic mass is 10.4. The Morgan fingerprint density at radius 2 is 2.25 bits per heavy atom. The molecule has 62 valence electrons. The minimum absolute atomic E-state index is 0.590. The second-order valence-corrected chi connectivity index (χ2v) is 3.54. The van der Waals surface area contributed by atoms with E-state index in [0.29, 0.717) is 5.65 Å². The average molecular weight is 278 g/mol. The van der Waals surface area contributed by atoms with E-state index in [4.69, 9.17) is 0 Å². The van der Waals surface area contributed by atoms with E-state index >= 15 is 0 Å². The van der Waals surface area contributed by atoms with Gasteiger partial charge in [0.25, 0.3) is 0 Å². The molecule has 5 heteroatoms. The van der Waals surface area contributed by atoms with Crippen LogP contribution in [0.2, 0.25) is 0 Å². The Morgan fingerprint density at radius 3 is 3.00 bits per heavy atom. The highest BCUT2D eigenvalue weighted by atomic mass is 127. The van der Waals surface area contributed by atoms with Crippen molar-refractivity contribution in [1.29, 1.82) is 0 Å². The van der Waals surface area contributed by atoms with Crippen LogP contribution in [0, 0.1) is 9.52 Å². The summed E-state index contributed by atoms with van der Waals surface area (Å²) in [5, 5.41) is 0. The Morgan fingerprint density at radius 1 is 1.50 bits per heavy atom. The van der Waals surface area contributed by atoms with Gasteiger partial charge in [0.05, 0.1) is 9.90 Å². The standard InChI is InChI=1S/C7H4FIN2O/c8-4-2-11-3-6(9)10-7(11)1-5(4)12/h1-3,10H. The molecular formula is C7H4FIN2O. The number of pyridine rings is 1. The molecular weight excluding hydrogens is 274 g/mol.